The van der Waals surface area contributed by atoms with Gasteiger partial charge in [-0.1, -0.05) is 0 Å². The molecule has 0 radical (unpaired) electrons. The van der Waals surface area contributed by atoms with Gasteiger partial charge in [0.25, 0.3) is 0 Å². The van der Waals surface area contributed by atoms with Crippen LogP contribution >= 0.6 is 0 Å². The van der Waals surface area contributed by atoms with Gasteiger partial charge in [-0.15, -0.1) is 0 Å². The van der Waals surface area contributed by atoms with Crippen LogP contribution in [0.15, 0.2) is 0 Å². The van der Waals surface area contributed by atoms with Gasteiger partial charge in [0.15, 0.2) is 0 Å². The molecule has 0 spiro atoms. The maximum absolute atomic E-state index is 9.88. The number of hydrogen-bond donors (Lipinski definition) is 2. The zero-order valence-corrected chi connectivity index (χ0v) is 3.96. The van der Waals surface area contributed by atoms with Gasteiger partial charge >= 0.3 is 5.97 Å². The summed E-state index contributed by atoms with van der Waals surface area (Å²) in [5.41, 5.74) is 0. The molecular weight excluding hydrogens is 114 g/mol. The Balaban J connectivity index is 3.11. The van der Waals surface area contributed by atoms with E-state index in [1.807, 2.05) is 5.32 Å². The fourth-order valence-corrected chi connectivity index (χ4v) is 0.157. The van der Waals surface area contributed by atoms with Gasteiger partial charge in [-0.05, 0) is 0 Å². The van der Waals surface area contributed by atoms with E-state index >= 15 is 0 Å². The van der Waals surface area contributed by atoms with Gasteiger partial charge in [-0.25, -0.2) is 4.79 Å². The highest BCUT2D eigenvalue weighted by Gasteiger charge is 1.96. The van der Waals surface area contributed by atoms with E-state index in [1.54, 1.807) is 0 Å². The zero-order valence-electron chi connectivity index (χ0n) is 3.96. The van der Waals surface area contributed by atoms with E-state index in [4.69, 9.17) is 5.26 Å². The largest absolute Gasteiger partial charge is 0.360 e. The molecule has 0 aliphatic heterocycles. The molecule has 0 aliphatic rings. The van der Waals surface area contributed by atoms with Crippen molar-refractivity contribution >= 4 is 12.4 Å². The minimum atomic E-state index is -0.892. The van der Waals surface area contributed by atoms with Crippen LogP contribution in [0.3, 0.4) is 0 Å². The smallest absolute Gasteiger partial charge is 0.348 e. The Morgan fingerprint density at radius 1 is 1.88 bits per heavy atom. The fraction of sp³-hybridized carbons (Fsp3) is 0.333. The molecule has 0 unspecified atom stereocenters. The molecule has 8 heavy (non-hydrogen) atoms. The van der Waals surface area contributed by atoms with Gasteiger partial charge in [0.1, 0.15) is 6.54 Å². The Morgan fingerprint density at radius 2 is 2.50 bits per heavy atom. The van der Waals surface area contributed by atoms with Crippen molar-refractivity contribution in [3.8, 4) is 0 Å². The Labute approximate surface area is 45.2 Å². The van der Waals surface area contributed by atoms with Crippen molar-refractivity contribution in [3.05, 3.63) is 0 Å². The summed E-state index contributed by atoms with van der Waals surface area (Å²) in [5.74, 6) is -0.892. The molecule has 46 valence electrons. The van der Waals surface area contributed by atoms with E-state index in [0.29, 0.717) is 6.41 Å². The summed E-state index contributed by atoms with van der Waals surface area (Å²) in [6.07, 6.45) is 0.330. The van der Waals surface area contributed by atoms with Crippen LogP contribution in [0.5, 0.6) is 0 Å². The third kappa shape index (κ3) is 3.10. The van der Waals surface area contributed by atoms with Crippen molar-refractivity contribution in [2.45, 2.75) is 0 Å². The molecule has 0 aliphatic carbocycles. The molecule has 5 nitrogen and oxygen atoms in total. The first kappa shape index (κ1) is 6.90. The number of carbonyl (C=O) groups is 2. The second-order valence-corrected chi connectivity index (χ2v) is 0.962. The van der Waals surface area contributed by atoms with E-state index < -0.39 is 5.97 Å². The summed E-state index contributed by atoms with van der Waals surface area (Å²) < 4.78 is 0. The number of amides is 1. The molecule has 0 aromatic heterocycles. The molecule has 0 saturated heterocycles. The van der Waals surface area contributed by atoms with Crippen LogP contribution in [0, 0.1) is 0 Å². The predicted molar refractivity (Wildman–Crippen MR) is 22.8 cm³/mol. The predicted octanol–water partition coefficient (Wildman–Crippen LogP) is -1.25. The van der Waals surface area contributed by atoms with Crippen LogP contribution in [0.4, 0.5) is 0 Å². The van der Waals surface area contributed by atoms with Crippen LogP contribution in [-0.2, 0) is 14.5 Å². The Kier molecular flexibility index (Phi) is 3.51. The standard InChI is InChI=1S/C3H5NO4/c5-2-4-1-3(6)8-7/h2,7H,1H2,(H,4,5). The van der Waals surface area contributed by atoms with Crippen LogP contribution in [-0.4, -0.2) is 24.2 Å². The van der Waals surface area contributed by atoms with Crippen molar-refractivity contribution in [1.82, 2.24) is 5.32 Å². The number of nitrogens with one attached hydrogen (secondary N) is 1. The Bertz CT molecular complexity index is 91.3. The van der Waals surface area contributed by atoms with Gasteiger partial charge in [0.05, 0.1) is 0 Å². The lowest BCUT2D eigenvalue weighted by Crippen LogP contribution is -2.22. The van der Waals surface area contributed by atoms with Gasteiger partial charge < -0.3 is 5.32 Å². The highest BCUT2D eigenvalue weighted by atomic mass is 17.1. The lowest BCUT2D eigenvalue weighted by molar-refractivity contribution is -0.233. The van der Waals surface area contributed by atoms with E-state index in [2.05, 4.69) is 4.89 Å². The topological polar surface area (TPSA) is 75.6 Å². The van der Waals surface area contributed by atoms with Crippen molar-refractivity contribution < 1.29 is 19.7 Å². The first-order valence-corrected chi connectivity index (χ1v) is 1.82. The monoisotopic (exact) mass is 119 g/mol. The summed E-state index contributed by atoms with van der Waals surface area (Å²) in [6, 6.07) is 0. The molecular formula is C3H5NO4. The SMILES string of the molecule is O=CNCC(=O)OO. The van der Waals surface area contributed by atoms with Crippen molar-refractivity contribution in [2.24, 2.45) is 0 Å². The lowest BCUT2D eigenvalue weighted by atomic mass is 10.7. The first-order chi connectivity index (χ1) is 3.81. The van der Waals surface area contributed by atoms with Crippen molar-refractivity contribution in [1.29, 1.82) is 0 Å². The normalized spacial score (nSPS) is 7.62. The Morgan fingerprint density at radius 3 is 2.88 bits per heavy atom. The van der Waals surface area contributed by atoms with Gasteiger partial charge in [-0.3, -0.25) is 9.68 Å². The number of carbonyl (C=O) groups excluding carboxylic acids is 2. The Hall–Kier alpha value is -1.10. The third-order valence-electron chi connectivity index (χ3n) is 0.432. The fourth-order valence-electron chi connectivity index (χ4n) is 0.157. The highest BCUT2D eigenvalue weighted by Crippen LogP contribution is 1.64. The molecule has 2 N–H and O–H groups in total. The molecule has 0 heterocycles. The van der Waals surface area contributed by atoms with Gasteiger partial charge in [0, 0.05) is 0 Å². The lowest BCUT2D eigenvalue weighted by Gasteiger charge is -1.90. The molecule has 0 fully saturated rings. The molecule has 0 aromatic rings. The molecule has 1 amide bonds. The average Bonchev–Trinajstić information content (AvgIpc) is 1.83. The van der Waals surface area contributed by atoms with Gasteiger partial charge in [-0.2, -0.15) is 5.26 Å². The van der Waals surface area contributed by atoms with Gasteiger partial charge in [0.2, 0.25) is 6.41 Å². The second-order valence-electron chi connectivity index (χ2n) is 0.962. The maximum Gasteiger partial charge on any atom is 0.360 e. The highest BCUT2D eigenvalue weighted by molar-refractivity contribution is 5.73. The van der Waals surface area contributed by atoms with Crippen LogP contribution in [0.1, 0.15) is 0 Å². The summed E-state index contributed by atoms with van der Waals surface area (Å²) in [5, 5.41) is 9.54. The van der Waals surface area contributed by atoms with E-state index in [1.165, 1.54) is 0 Å². The summed E-state index contributed by atoms with van der Waals surface area (Å²) in [6.45, 7) is -0.306. The molecule has 0 aromatic carbocycles. The van der Waals surface area contributed by atoms with Crippen LogP contribution in [0.2, 0.25) is 0 Å². The number of rotatable bonds is 3. The quantitative estimate of drug-likeness (QED) is 0.276. The number of hydrogen-bond acceptors (Lipinski definition) is 4. The maximum atomic E-state index is 9.88. The zero-order chi connectivity index (χ0) is 6.41. The van der Waals surface area contributed by atoms with E-state index in [-0.39, 0.29) is 6.54 Å². The second kappa shape index (κ2) is 4.07. The van der Waals surface area contributed by atoms with Crippen molar-refractivity contribution in [3.63, 3.8) is 0 Å². The molecule has 0 rings (SSSR count). The molecule has 0 atom stereocenters. The summed E-state index contributed by atoms with van der Waals surface area (Å²) in [4.78, 5) is 22.5. The molecule has 5 heteroatoms. The first-order valence-electron chi connectivity index (χ1n) is 1.82. The molecule has 0 saturated carbocycles. The van der Waals surface area contributed by atoms with Crippen molar-refractivity contribution in [2.75, 3.05) is 6.54 Å². The minimum Gasteiger partial charge on any atom is -0.348 e. The minimum absolute atomic E-state index is 0.306. The van der Waals surface area contributed by atoms with Crippen LogP contribution < -0.4 is 5.32 Å². The molecule has 0 bridgehead atoms. The third-order valence-corrected chi connectivity index (χ3v) is 0.432. The average molecular weight is 119 g/mol. The van der Waals surface area contributed by atoms with Crippen LogP contribution in [0.25, 0.3) is 0 Å². The summed E-state index contributed by atoms with van der Waals surface area (Å²) in [7, 11) is 0. The summed E-state index contributed by atoms with van der Waals surface area (Å²) >= 11 is 0. The van der Waals surface area contributed by atoms with E-state index in [0.717, 1.165) is 0 Å². The van der Waals surface area contributed by atoms with E-state index in [9.17, 15) is 9.59 Å².